The van der Waals surface area contributed by atoms with E-state index in [2.05, 4.69) is 6.92 Å². The molecule has 0 aliphatic heterocycles. The normalized spacial score (nSPS) is 25.8. The zero-order valence-corrected chi connectivity index (χ0v) is 9.59. The Labute approximate surface area is 91.5 Å². The second kappa shape index (κ2) is 4.34. The zero-order valence-electron chi connectivity index (χ0n) is 9.59. The van der Waals surface area contributed by atoms with Gasteiger partial charge in [0.05, 0.1) is 0 Å². The molecule has 0 radical (unpaired) electrons. The van der Waals surface area contributed by atoms with Gasteiger partial charge in [-0.25, -0.2) is 4.39 Å². The molecule has 1 aromatic carbocycles. The molecule has 0 saturated heterocycles. The maximum absolute atomic E-state index is 13.7. The van der Waals surface area contributed by atoms with Gasteiger partial charge < -0.3 is 0 Å². The minimum atomic E-state index is -0.00301. The number of halogens is 1. The molecule has 1 heteroatoms. The fraction of sp³-hybridized carbons (Fsp3) is 0.571. The zero-order chi connectivity index (χ0) is 10.8. The smallest absolute Gasteiger partial charge is 0.126 e. The summed E-state index contributed by atoms with van der Waals surface area (Å²) in [5.74, 6) is 1.28. The van der Waals surface area contributed by atoms with Crippen LogP contribution >= 0.6 is 0 Å². The van der Waals surface area contributed by atoms with Gasteiger partial charge in [0.25, 0.3) is 0 Å². The van der Waals surface area contributed by atoms with Gasteiger partial charge in [-0.3, -0.25) is 0 Å². The van der Waals surface area contributed by atoms with E-state index in [4.69, 9.17) is 0 Å². The second-order valence-electron chi connectivity index (χ2n) is 4.75. The number of aryl methyl sites for hydroxylation is 1. The summed E-state index contributed by atoms with van der Waals surface area (Å²) in [5, 5.41) is 0. The van der Waals surface area contributed by atoms with Crippen LogP contribution in [0.25, 0.3) is 0 Å². The highest BCUT2D eigenvalue weighted by Crippen LogP contribution is 2.41. The maximum atomic E-state index is 13.7. The van der Waals surface area contributed by atoms with Crippen LogP contribution in [0.4, 0.5) is 4.39 Å². The average Bonchev–Trinajstić information content (AvgIpc) is 2.66. The third-order valence-corrected chi connectivity index (χ3v) is 3.80. The van der Waals surface area contributed by atoms with E-state index in [1.54, 1.807) is 12.1 Å². The molecule has 0 amide bonds. The average molecular weight is 206 g/mol. The van der Waals surface area contributed by atoms with Crippen LogP contribution < -0.4 is 0 Å². The third-order valence-electron chi connectivity index (χ3n) is 3.80. The van der Waals surface area contributed by atoms with E-state index in [9.17, 15) is 4.39 Å². The van der Waals surface area contributed by atoms with Crippen molar-refractivity contribution in [3.05, 3.63) is 35.1 Å². The first-order chi connectivity index (χ1) is 7.22. The Hall–Kier alpha value is -0.850. The van der Waals surface area contributed by atoms with Gasteiger partial charge in [0.15, 0.2) is 0 Å². The van der Waals surface area contributed by atoms with Gasteiger partial charge in [0.1, 0.15) is 5.82 Å². The highest BCUT2D eigenvalue weighted by atomic mass is 19.1. The van der Waals surface area contributed by atoms with E-state index in [1.807, 2.05) is 13.0 Å². The summed E-state index contributed by atoms with van der Waals surface area (Å²) in [6, 6.07) is 5.43. The maximum Gasteiger partial charge on any atom is 0.126 e. The van der Waals surface area contributed by atoms with Crippen LogP contribution in [0.5, 0.6) is 0 Å². The Morgan fingerprint density at radius 2 is 2.13 bits per heavy atom. The fourth-order valence-corrected chi connectivity index (χ4v) is 2.87. The SMILES string of the molecule is CC[C@H]1CC[C@H](c2c(C)cccc2F)C1. The van der Waals surface area contributed by atoms with Crippen molar-refractivity contribution in [2.24, 2.45) is 5.92 Å². The Kier molecular flexibility index (Phi) is 3.08. The van der Waals surface area contributed by atoms with E-state index in [0.29, 0.717) is 5.92 Å². The van der Waals surface area contributed by atoms with E-state index in [0.717, 1.165) is 17.0 Å². The van der Waals surface area contributed by atoms with Crippen LogP contribution in [-0.4, -0.2) is 0 Å². The predicted octanol–water partition coefficient (Wildman–Crippen LogP) is 4.43. The lowest BCUT2D eigenvalue weighted by Crippen LogP contribution is -2.01. The molecule has 0 spiro atoms. The lowest BCUT2D eigenvalue weighted by Gasteiger charge is -2.14. The van der Waals surface area contributed by atoms with Crippen molar-refractivity contribution in [1.29, 1.82) is 0 Å². The van der Waals surface area contributed by atoms with Gasteiger partial charge in [-0.05, 0) is 55.2 Å². The summed E-state index contributed by atoms with van der Waals surface area (Å²) in [6.45, 7) is 4.26. The molecule has 0 unspecified atom stereocenters. The largest absolute Gasteiger partial charge is 0.207 e. The van der Waals surface area contributed by atoms with Crippen molar-refractivity contribution in [2.45, 2.75) is 45.4 Å². The molecule has 0 N–H and O–H groups in total. The molecule has 1 saturated carbocycles. The van der Waals surface area contributed by atoms with Gasteiger partial charge in [-0.1, -0.05) is 25.5 Å². The predicted molar refractivity (Wildman–Crippen MR) is 61.5 cm³/mol. The first-order valence-corrected chi connectivity index (χ1v) is 5.97. The molecule has 15 heavy (non-hydrogen) atoms. The van der Waals surface area contributed by atoms with E-state index >= 15 is 0 Å². The summed E-state index contributed by atoms with van der Waals surface area (Å²) in [4.78, 5) is 0. The third kappa shape index (κ3) is 2.06. The van der Waals surface area contributed by atoms with Crippen LogP contribution in [0.15, 0.2) is 18.2 Å². The Balaban J connectivity index is 2.23. The second-order valence-corrected chi connectivity index (χ2v) is 4.75. The summed E-state index contributed by atoms with van der Waals surface area (Å²) < 4.78 is 13.7. The molecule has 82 valence electrons. The van der Waals surface area contributed by atoms with Crippen molar-refractivity contribution in [2.75, 3.05) is 0 Å². The van der Waals surface area contributed by atoms with Crippen molar-refractivity contribution < 1.29 is 4.39 Å². The molecule has 1 aromatic rings. The number of hydrogen-bond donors (Lipinski definition) is 0. The molecular weight excluding hydrogens is 187 g/mol. The molecule has 0 aromatic heterocycles. The summed E-state index contributed by atoms with van der Waals surface area (Å²) in [7, 11) is 0. The molecule has 1 aliphatic rings. The first-order valence-electron chi connectivity index (χ1n) is 5.97. The van der Waals surface area contributed by atoms with E-state index in [-0.39, 0.29) is 5.82 Å². The summed E-state index contributed by atoms with van der Waals surface area (Å²) in [5.41, 5.74) is 2.10. The highest BCUT2D eigenvalue weighted by Gasteiger charge is 2.27. The summed E-state index contributed by atoms with van der Waals surface area (Å²) >= 11 is 0. The monoisotopic (exact) mass is 206 g/mol. The van der Waals surface area contributed by atoms with E-state index < -0.39 is 0 Å². The number of benzene rings is 1. The molecule has 1 fully saturated rings. The topological polar surface area (TPSA) is 0 Å². The van der Waals surface area contributed by atoms with Crippen molar-refractivity contribution in [3.8, 4) is 0 Å². The molecular formula is C14H19F. The molecule has 0 heterocycles. The first kappa shape index (κ1) is 10.7. The van der Waals surface area contributed by atoms with Crippen LogP contribution in [0.2, 0.25) is 0 Å². The van der Waals surface area contributed by atoms with Gasteiger partial charge in [0.2, 0.25) is 0 Å². The molecule has 2 rings (SSSR count). The fourth-order valence-electron chi connectivity index (χ4n) is 2.87. The molecule has 0 bridgehead atoms. The molecule has 0 nitrogen and oxygen atoms in total. The number of rotatable bonds is 2. The van der Waals surface area contributed by atoms with Crippen LogP contribution in [0.3, 0.4) is 0 Å². The van der Waals surface area contributed by atoms with Crippen LogP contribution in [-0.2, 0) is 0 Å². The van der Waals surface area contributed by atoms with Crippen LogP contribution in [0, 0.1) is 18.7 Å². The lowest BCUT2D eigenvalue weighted by atomic mass is 9.92. The van der Waals surface area contributed by atoms with Gasteiger partial charge >= 0.3 is 0 Å². The van der Waals surface area contributed by atoms with Gasteiger partial charge in [-0.15, -0.1) is 0 Å². The van der Waals surface area contributed by atoms with Crippen LogP contribution in [0.1, 0.15) is 49.7 Å². The minimum absolute atomic E-state index is 0.00301. The quantitative estimate of drug-likeness (QED) is 0.671. The van der Waals surface area contributed by atoms with Crippen molar-refractivity contribution in [3.63, 3.8) is 0 Å². The summed E-state index contributed by atoms with van der Waals surface area (Å²) in [6.07, 6.45) is 4.86. The lowest BCUT2D eigenvalue weighted by molar-refractivity contribution is 0.513. The van der Waals surface area contributed by atoms with Gasteiger partial charge in [-0.2, -0.15) is 0 Å². The van der Waals surface area contributed by atoms with E-state index in [1.165, 1.54) is 25.7 Å². The number of hydrogen-bond acceptors (Lipinski definition) is 0. The minimum Gasteiger partial charge on any atom is -0.207 e. The standard InChI is InChI=1S/C14H19F/c1-3-11-7-8-12(9-11)14-10(2)5-4-6-13(14)15/h4-6,11-12H,3,7-9H2,1-2H3/t11-,12-/m0/s1. The molecule has 1 aliphatic carbocycles. The van der Waals surface area contributed by atoms with Crippen molar-refractivity contribution in [1.82, 2.24) is 0 Å². The van der Waals surface area contributed by atoms with Crippen molar-refractivity contribution >= 4 is 0 Å². The Morgan fingerprint density at radius 1 is 1.33 bits per heavy atom. The molecule has 2 atom stereocenters. The highest BCUT2D eigenvalue weighted by molar-refractivity contribution is 5.31. The van der Waals surface area contributed by atoms with Gasteiger partial charge in [0, 0.05) is 0 Å². The Morgan fingerprint density at radius 3 is 2.73 bits per heavy atom. The Bertz CT molecular complexity index is 323.